The van der Waals surface area contributed by atoms with Gasteiger partial charge in [0, 0.05) is 12.5 Å². The molecule has 1 N–H and O–H groups in total. The van der Waals surface area contributed by atoms with Crippen molar-refractivity contribution in [3.05, 3.63) is 22.1 Å². The minimum Gasteiger partial charge on any atom is -0.348 e. The van der Waals surface area contributed by atoms with Crippen LogP contribution in [0.2, 0.25) is 0 Å². The normalized spacial score (nSPS) is 11.8. The quantitative estimate of drug-likeness (QED) is 0.761. The van der Waals surface area contributed by atoms with Gasteiger partial charge in [0.15, 0.2) is 0 Å². The second kappa shape index (κ2) is 4.77. The van der Waals surface area contributed by atoms with E-state index in [-0.39, 0.29) is 10.9 Å². The van der Waals surface area contributed by atoms with Gasteiger partial charge in [0.05, 0.1) is 0 Å². The van der Waals surface area contributed by atoms with Crippen molar-refractivity contribution in [1.29, 1.82) is 0 Å². The number of thiophene rings is 1. The summed E-state index contributed by atoms with van der Waals surface area (Å²) in [6, 6.07) is 1.14. The predicted octanol–water partition coefficient (Wildman–Crippen LogP) is 2.03. The number of halogens is 1. The summed E-state index contributed by atoms with van der Waals surface area (Å²) in [6.07, 6.45) is 5.52. The zero-order valence-electron chi connectivity index (χ0n) is 7.71. The molecule has 0 aromatic carbocycles. The Balaban J connectivity index is 2.60. The first-order valence-corrected chi connectivity index (χ1v) is 5.00. The van der Waals surface area contributed by atoms with Crippen LogP contribution in [-0.2, 0) is 0 Å². The molecule has 0 fully saturated rings. The molecule has 1 rings (SSSR count). The molecule has 1 heterocycles. The number of carbonyl (C=O) groups is 1. The van der Waals surface area contributed by atoms with E-state index in [2.05, 4.69) is 11.2 Å². The van der Waals surface area contributed by atoms with Crippen LogP contribution >= 0.6 is 11.3 Å². The molecular weight excluding hydrogens is 201 g/mol. The van der Waals surface area contributed by atoms with E-state index in [4.69, 9.17) is 6.42 Å². The van der Waals surface area contributed by atoms with Gasteiger partial charge >= 0.3 is 0 Å². The number of nitrogens with one attached hydrogen (secondary N) is 1. The predicted molar refractivity (Wildman–Crippen MR) is 54.7 cm³/mol. The molecule has 0 aliphatic rings. The van der Waals surface area contributed by atoms with E-state index < -0.39 is 11.7 Å². The molecule has 0 aliphatic carbocycles. The Labute approximate surface area is 86.1 Å². The van der Waals surface area contributed by atoms with E-state index in [9.17, 15) is 9.18 Å². The second-order valence-corrected chi connectivity index (χ2v) is 3.80. The largest absolute Gasteiger partial charge is 0.348 e. The van der Waals surface area contributed by atoms with E-state index in [0.717, 1.165) is 11.3 Å². The Morgan fingerprint density at radius 3 is 3.07 bits per heavy atom. The number of hydrogen-bond donors (Lipinski definition) is 1. The molecule has 0 saturated carbocycles. The van der Waals surface area contributed by atoms with Crippen LogP contribution in [0.1, 0.15) is 23.0 Å². The van der Waals surface area contributed by atoms with Crippen LogP contribution in [0.5, 0.6) is 0 Å². The summed E-state index contributed by atoms with van der Waals surface area (Å²) in [6.45, 7) is 1.78. The molecule has 0 spiro atoms. The summed E-state index contributed by atoms with van der Waals surface area (Å²) >= 11 is 1.08. The molecule has 14 heavy (non-hydrogen) atoms. The average molecular weight is 211 g/mol. The van der Waals surface area contributed by atoms with Gasteiger partial charge < -0.3 is 5.32 Å². The van der Waals surface area contributed by atoms with Crippen molar-refractivity contribution in [3.63, 3.8) is 0 Å². The number of rotatable bonds is 3. The lowest BCUT2D eigenvalue weighted by atomic mass is 10.2. The Morgan fingerprint density at radius 2 is 2.57 bits per heavy atom. The summed E-state index contributed by atoms with van der Waals surface area (Å²) in [7, 11) is 0. The van der Waals surface area contributed by atoms with Crippen LogP contribution < -0.4 is 5.32 Å². The van der Waals surface area contributed by atoms with Gasteiger partial charge in [-0.2, -0.15) is 0 Å². The molecule has 1 amide bonds. The van der Waals surface area contributed by atoms with Gasteiger partial charge in [0.2, 0.25) is 0 Å². The summed E-state index contributed by atoms with van der Waals surface area (Å²) in [5.41, 5.74) is 0. The van der Waals surface area contributed by atoms with E-state index in [1.54, 1.807) is 6.92 Å². The smallest absolute Gasteiger partial charge is 0.264 e. The van der Waals surface area contributed by atoms with Crippen molar-refractivity contribution in [2.75, 3.05) is 0 Å². The third kappa shape index (κ3) is 2.57. The standard InChI is InChI=1S/C10H10FNOS/c1-3-4-7(2)12-10(13)9-8(11)5-6-14-9/h1,5-7H,4H2,2H3,(H,12,13). The van der Waals surface area contributed by atoms with Crippen LogP contribution in [0.15, 0.2) is 11.4 Å². The number of carbonyl (C=O) groups excluding carboxylic acids is 1. The molecule has 1 atom stereocenters. The number of terminal acetylenes is 1. The van der Waals surface area contributed by atoms with Crippen LogP contribution in [0.3, 0.4) is 0 Å². The molecule has 4 heteroatoms. The Kier molecular flexibility index (Phi) is 3.66. The van der Waals surface area contributed by atoms with E-state index in [0.29, 0.717) is 6.42 Å². The maximum absolute atomic E-state index is 12.9. The van der Waals surface area contributed by atoms with E-state index in [1.807, 2.05) is 0 Å². The summed E-state index contributed by atoms with van der Waals surface area (Å²) in [4.78, 5) is 11.5. The van der Waals surface area contributed by atoms with Crippen LogP contribution in [0, 0.1) is 18.2 Å². The zero-order valence-corrected chi connectivity index (χ0v) is 8.53. The Hall–Kier alpha value is -1.34. The second-order valence-electron chi connectivity index (χ2n) is 2.88. The van der Waals surface area contributed by atoms with Gasteiger partial charge in [0.1, 0.15) is 10.7 Å². The summed E-state index contributed by atoms with van der Waals surface area (Å²) in [5, 5.41) is 4.15. The molecule has 0 bridgehead atoms. The minimum absolute atomic E-state index is 0.105. The zero-order chi connectivity index (χ0) is 10.6. The van der Waals surface area contributed by atoms with Crippen LogP contribution in [-0.4, -0.2) is 11.9 Å². The third-order valence-electron chi connectivity index (χ3n) is 1.62. The fourth-order valence-corrected chi connectivity index (χ4v) is 1.64. The van der Waals surface area contributed by atoms with Gasteiger partial charge in [-0.05, 0) is 18.4 Å². The first-order valence-electron chi connectivity index (χ1n) is 4.12. The molecule has 0 radical (unpaired) electrons. The van der Waals surface area contributed by atoms with Gasteiger partial charge in [-0.25, -0.2) is 4.39 Å². The fourth-order valence-electron chi connectivity index (χ4n) is 0.973. The van der Waals surface area contributed by atoms with Crippen molar-refractivity contribution < 1.29 is 9.18 Å². The SMILES string of the molecule is C#CCC(C)NC(=O)c1sccc1F. The molecule has 1 unspecified atom stereocenters. The lowest BCUT2D eigenvalue weighted by Crippen LogP contribution is -2.32. The van der Waals surface area contributed by atoms with Crippen molar-refractivity contribution >= 4 is 17.2 Å². The Bertz CT molecular complexity index is 366. The summed E-state index contributed by atoms with van der Waals surface area (Å²) < 4.78 is 12.9. The fraction of sp³-hybridized carbons (Fsp3) is 0.300. The van der Waals surface area contributed by atoms with Crippen LogP contribution in [0.25, 0.3) is 0 Å². The highest BCUT2D eigenvalue weighted by atomic mass is 32.1. The molecule has 1 aromatic heterocycles. The lowest BCUT2D eigenvalue weighted by molar-refractivity contribution is 0.0941. The van der Waals surface area contributed by atoms with Gasteiger partial charge in [-0.1, -0.05) is 0 Å². The van der Waals surface area contributed by atoms with E-state index in [1.165, 1.54) is 11.4 Å². The highest BCUT2D eigenvalue weighted by molar-refractivity contribution is 7.12. The Morgan fingerprint density at radius 1 is 1.86 bits per heavy atom. The maximum atomic E-state index is 12.9. The van der Waals surface area contributed by atoms with Gasteiger partial charge in [0.25, 0.3) is 5.91 Å². The highest BCUT2D eigenvalue weighted by Gasteiger charge is 2.14. The lowest BCUT2D eigenvalue weighted by Gasteiger charge is -2.09. The molecule has 74 valence electrons. The highest BCUT2D eigenvalue weighted by Crippen LogP contribution is 2.14. The monoisotopic (exact) mass is 211 g/mol. The number of amides is 1. The van der Waals surface area contributed by atoms with Crippen molar-refractivity contribution in [3.8, 4) is 12.3 Å². The number of hydrogen-bond acceptors (Lipinski definition) is 2. The topological polar surface area (TPSA) is 29.1 Å². The van der Waals surface area contributed by atoms with E-state index >= 15 is 0 Å². The van der Waals surface area contributed by atoms with Gasteiger partial charge in [-0.15, -0.1) is 23.7 Å². The maximum Gasteiger partial charge on any atom is 0.264 e. The molecule has 0 aliphatic heterocycles. The van der Waals surface area contributed by atoms with Gasteiger partial charge in [-0.3, -0.25) is 4.79 Å². The summed E-state index contributed by atoms with van der Waals surface area (Å²) in [5.74, 6) is 1.54. The van der Waals surface area contributed by atoms with Crippen molar-refractivity contribution in [2.45, 2.75) is 19.4 Å². The molecule has 1 aromatic rings. The van der Waals surface area contributed by atoms with Crippen molar-refractivity contribution in [1.82, 2.24) is 5.32 Å². The third-order valence-corrected chi connectivity index (χ3v) is 2.51. The molecule has 2 nitrogen and oxygen atoms in total. The molecule has 0 saturated heterocycles. The average Bonchev–Trinajstić information content (AvgIpc) is 2.51. The first-order chi connectivity index (χ1) is 6.65. The molecular formula is C10H10FNOS. The first kappa shape index (κ1) is 10.7. The van der Waals surface area contributed by atoms with Crippen molar-refractivity contribution in [2.24, 2.45) is 0 Å². The van der Waals surface area contributed by atoms with Crippen LogP contribution in [0.4, 0.5) is 4.39 Å². The minimum atomic E-state index is -0.486.